The summed E-state index contributed by atoms with van der Waals surface area (Å²) in [4.78, 5) is 24.7. The molecular weight excluding hydrogens is 254 g/mol. The van der Waals surface area contributed by atoms with Crippen LogP contribution in [0, 0.1) is 19.8 Å². The molecule has 0 bridgehead atoms. The number of aryl methyl sites for hydroxylation is 3. The Balaban J connectivity index is 1.88. The second-order valence-electron chi connectivity index (χ2n) is 5.59. The van der Waals surface area contributed by atoms with Crippen LogP contribution in [0.25, 0.3) is 0 Å². The lowest BCUT2D eigenvalue weighted by Crippen LogP contribution is -2.30. The summed E-state index contributed by atoms with van der Waals surface area (Å²) < 4.78 is 0. The summed E-state index contributed by atoms with van der Waals surface area (Å²) in [6.07, 6.45) is 1.75. The topological polar surface area (TPSA) is 57.6 Å². The molecule has 108 valence electrons. The first-order chi connectivity index (χ1) is 9.47. The Hall–Kier alpha value is -1.84. The molecular formula is C16H21NO3. The van der Waals surface area contributed by atoms with Crippen LogP contribution in [0.5, 0.6) is 0 Å². The maximum atomic E-state index is 12.1. The second-order valence-corrected chi connectivity index (χ2v) is 5.59. The van der Waals surface area contributed by atoms with Gasteiger partial charge in [0.15, 0.2) is 0 Å². The van der Waals surface area contributed by atoms with Crippen molar-refractivity contribution in [2.24, 2.45) is 5.92 Å². The van der Waals surface area contributed by atoms with Crippen molar-refractivity contribution in [3.05, 3.63) is 34.9 Å². The molecule has 0 aliphatic carbocycles. The zero-order chi connectivity index (χ0) is 14.7. The highest BCUT2D eigenvalue weighted by Crippen LogP contribution is 2.18. The summed E-state index contributed by atoms with van der Waals surface area (Å²) in [5.41, 5.74) is 3.63. The molecule has 1 saturated heterocycles. The molecule has 1 heterocycles. The van der Waals surface area contributed by atoms with Crippen molar-refractivity contribution in [2.75, 3.05) is 13.1 Å². The van der Waals surface area contributed by atoms with Gasteiger partial charge in [0.25, 0.3) is 0 Å². The minimum atomic E-state index is -0.797. The Labute approximate surface area is 119 Å². The third kappa shape index (κ3) is 3.38. The molecule has 4 nitrogen and oxygen atoms in total. The number of aliphatic carboxylic acids is 1. The minimum absolute atomic E-state index is 0.0636. The number of carboxylic acids is 1. The lowest BCUT2D eigenvalue weighted by Gasteiger charge is -2.16. The van der Waals surface area contributed by atoms with Crippen LogP contribution in [0.1, 0.15) is 29.5 Å². The van der Waals surface area contributed by atoms with Crippen molar-refractivity contribution >= 4 is 11.9 Å². The number of carbonyl (C=O) groups is 2. The molecule has 1 aliphatic rings. The van der Waals surface area contributed by atoms with E-state index in [1.165, 1.54) is 16.7 Å². The first kappa shape index (κ1) is 14.6. The Bertz CT molecular complexity index is 524. The van der Waals surface area contributed by atoms with E-state index in [1.54, 1.807) is 4.90 Å². The number of amides is 1. The van der Waals surface area contributed by atoms with Gasteiger partial charge >= 0.3 is 5.97 Å². The molecule has 2 rings (SSSR count). The third-order valence-electron chi connectivity index (χ3n) is 4.00. The van der Waals surface area contributed by atoms with Crippen LogP contribution in [0.3, 0.4) is 0 Å². The Morgan fingerprint density at radius 2 is 2.10 bits per heavy atom. The van der Waals surface area contributed by atoms with Crippen molar-refractivity contribution in [2.45, 2.75) is 33.1 Å². The largest absolute Gasteiger partial charge is 0.481 e. The Kier molecular flexibility index (Phi) is 4.42. The van der Waals surface area contributed by atoms with Crippen molar-refractivity contribution in [1.29, 1.82) is 0 Å². The lowest BCUT2D eigenvalue weighted by molar-refractivity contribution is -0.141. The molecule has 0 saturated carbocycles. The number of benzene rings is 1. The molecule has 1 atom stereocenters. The van der Waals surface area contributed by atoms with Gasteiger partial charge in [-0.1, -0.05) is 23.8 Å². The van der Waals surface area contributed by atoms with E-state index in [0.717, 1.165) is 6.42 Å². The van der Waals surface area contributed by atoms with E-state index in [4.69, 9.17) is 5.11 Å². The predicted molar refractivity (Wildman–Crippen MR) is 76.6 cm³/mol. The van der Waals surface area contributed by atoms with Gasteiger partial charge in [-0.3, -0.25) is 9.59 Å². The fourth-order valence-electron chi connectivity index (χ4n) is 2.71. The van der Waals surface area contributed by atoms with Gasteiger partial charge in [0.2, 0.25) is 5.91 Å². The van der Waals surface area contributed by atoms with Crippen LogP contribution in [-0.2, 0) is 16.0 Å². The van der Waals surface area contributed by atoms with Gasteiger partial charge in [-0.05, 0) is 37.8 Å². The average Bonchev–Trinajstić information content (AvgIpc) is 2.87. The van der Waals surface area contributed by atoms with Crippen LogP contribution in [-0.4, -0.2) is 35.0 Å². The average molecular weight is 275 g/mol. The van der Waals surface area contributed by atoms with Gasteiger partial charge in [0.1, 0.15) is 0 Å². The molecule has 0 spiro atoms. The van der Waals surface area contributed by atoms with Crippen LogP contribution in [0.15, 0.2) is 18.2 Å². The summed E-state index contributed by atoms with van der Waals surface area (Å²) in [7, 11) is 0. The monoisotopic (exact) mass is 275 g/mol. The molecule has 1 N–H and O–H groups in total. The molecule has 1 amide bonds. The van der Waals surface area contributed by atoms with Crippen molar-refractivity contribution < 1.29 is 14.7 Å². The van der Waals surface area contributed by atoms with Crippen molar-refractivity contribution in [3.8, 4) is 0 Å². The standard InChI is InChI=1S/C16H21NO3/c1-11-3-4-13(12(2)9-11)5-6-15(18)17-8-7-14(10-17)16(19)20/h3-4,9,14H,5-8,10H2,1-2H3,(H,19,20). The summed E-state index contributed by atoms with van der Waals surface area (Å²) in [6.45, 7) is 5.05. The van der Waals surface area contributed by atoms with Crippen LogP contribution >= 0.6 is 0 Å². The van der Waals surface area contributed by atoms with E-state index in [1.807, 2.05) is 0 Å². The summed E-state index contributed by atoms with van der Waals surface area (Å²) in [5.74, 6) is -1.12. The molecule has 4 heteroatoms. The third-order valence-corrected chi connectivity index (χ3v) is 4.00. The maximum Gasteiger partial charge on any atom is 0.308 e. The van der Waals surface area contributed by atoms with Crippen LogP contribution < -0.4 is 0 Å². The maximum absolute atomic E-state index is 12.1. The first-order valence-electron chi connectivity index (χ1n) is 7.04. The van der Waals surface area contributed by atoms with Gasteiger partial charge in [0, 0.05) is 19.5 Å². The Morgan fingerprint density at radius 3 is 2.70 bits per heavy atom. The normalized spacial score (nSPS) is 18.3. The smallest absolute Gasteiger partial charge is 0.308 e. The number of carbonyl (C=O) groups excluding carboxylic acids is 1. The fraction of sp³-hybridized carbons (Fsp3) is 0.500. The van der Waals surface area contributed by atoms with Gasteiger partial charge in [0.05, 0.1) is 5.92 Å². The molecule has 1 aromatic rings. The van der Waals surface area contributed by atoms with Crippen molar-refractivity contribution in [1.82, 2.24) is 4.90 Å². The molecule has 0 aromatic heterocycles. The predicted octanol–water partition coefficient (Wildman–Crippen LogP) is 2.17. The zero-order valence-electron chi connectivity index (χ0n) is 12.1. The van der Waals surface area contributed by atoms with Gasteiger partial charge < -0.3 is 10.0 Å². The number of hydrogen-bond acceptors (Lipinski definition) is 2. The second kappa shape index (κ2) is 6.07. The van der Waals surface area contributed by atoms with Crippen LogP contribution in [0.2, 0.25) is 0 Å². The van der Waals surface area contributed by atoms with E-state index in [-0.39, 0.29) is 11.8 Å². The summed E-state index contributed by atoms with van der Waals surface area (Å²) >= 11 is 0. The highest BCUT2D eigenvalue weighted by atomic mass is 16.4. The van der Waals surface area contributed by atoms with Gasteiger partial charge in [-0.25, -0.2) is 0 Å². The molecule has 1 aromatic carbocycles. The van der Waals surface area contributed by atoms with E-state index < -0.39 is 5.97 Å². The SMILES string of the molecule is Cc1ccc(CCC(=O)N2CCC(C(=O)O)C2)c(C)c1. The van der Waals surface area contributed by atoms with E-state index in [9.17, 15) is 9.59 Å². The quantitative estimate of drug-likeness (QED) is 0.916. The molecule has 0 radical (unpaired) electrons. The molecule has 1 fully saturated rings. The number of hydrogen-bond donors (Lipinski definition) is 1. The highest BCUT2D eigenvalue weighted by molar-refractivity contribution is 5.79. The van der Waals surface area contributed by atoms with E-state index >= 15 is 0 Å². The lowest BCUT2D eigenvalue weighted by atomic mass is 10.0. The first-order valence-corrected chi connectivity index (χ1v) is 7.04. The van der Waals surface area contributed by atoms with Crippen molar-refractivity contribution in [3.63, 3.8) is 0 Å². The fourth-order valence-corrected chi connectivity index (χ4v) is 2.71. The number of carboxylic acid groups (broad SMARTS) is 1. The minimum Gasteiger partial charge on any atom is -0.481 e. The van der Waals surface area contributed by atoms with Gasteiger partial charge in [-0.15, -0.1) is 0 Å². The summed E-state index contributed by atoms with van der Waals surface area (Å²) in [5, 5.41) is 8.95. The number of likely N-dealkylation sites (tertiary alicyclic amines) is 1. The van der Waals surface area contributed by atoms with Crippen LogP contribution in [0.4, 0.5) is 0 Å². The molecule has 20 heavy (non-hydrogen) atoms. The van der Waals surface area contributed by atoms with E-state index in [0.29, 0.717) is 25.9 Å². The number of rotatable bonds is 4. The van der Waals surface area contributed by atoms with E-state index in [2.05, 4.69) is 32.0 Å². The van der Waals surface area contributed by atoms with Gasteiger partial charge in [-0.2, -0.15) is 0 Å². The Morgan fingerprint density at radius 1 is 1.35 bits per heavy atom. The summed E-state index contributed by atoms with van der Waals surface area (Å²) in [6, 6.07) is 6.25. The number of nitrogens with zero attached hydrogens (tertiary/aromatic N) is 1. The highest BCUT2D eigenvalue weighted by Gasteiger charge is 2.30. The zero-order valence-corrected chi connectivity index (χ0v) is 12.1. The molecule has 1 unspecified atom stereocenters. The molecule has 1 aliphatic heterocycles.